The lowest BCUT2D eigenvalue weighted by atomic mass is 9.99. The lowest BCUT2D eigenvalue weighted by molar-refractivity contribution is -0.144. The second-order valence-corrected chi connectivity index (χ2v) is 4.21. The molecule has 0 saturated carbocycles. The third-order valence-electron chi connectivity index (χ3n) is 2.58. The number of ether oxygens (including phenoxy) is 2. The van der Waals surface area contributed by atoms with Gasteiger partial charge in [-0.15, -0.1) is 0 Å². The van der Waals surface area contributed by atoms with E-state index in [1.165, 1.54) is 13.8 Å². The quantitative estimate of drug-likeness (QED) is 0.788. The van der Waals surface area contributed by atoms with Crippen LogP contribution in [-0.4, -0.2) is 30.3 Å². The second-order valence-electron chi connectivity index (χ2n) is 4.21. The molecule has 0 saturated heterocycles. The predicted molar refractivity (Wildman–Crippen MR) is 68.4 cm³/mol. The smallest absolute Gasteiger partial charge is 0.302 e. The Balaban J connectivity index is 2.80. The van der Waals surface area contributed by atoms with Crippen molar-refractivity contribution in [1.29, 1.82) is 0 Å². The standard InChI is InChI=1S/C14H18O5/c1-10(16)18-8-14(9-19-11(2)17)13-5-3-4-12(6-13)7-15/h3-6,14-15H,7-9H2,1-2H3. The zero-order valence-electron chi connectivity index (χ0n) is 11.1. The summed E-state index contributed by atoms with van der Waals surface area (Å²) in [7, 11) is 0. The first-order valence-corrected chi connectivity index (χ1v) is 5.99. The van der Waals surface area contributed by atoms with E-state index in [2.05, 4.69) is 0 Å². The summed E-state index contributed by atoms with van der Waals surface area (Å²) >= 11 is 0. The first-order chi connectivity index (χ1) is 9.02. The number of carbonyl (C=O) groups excluding carboxylic acids is 2. The van der Waals surface area contributed by atoms with E-state index in [-0.39, 0.29) is 37.7 Å². The fourth-order valence-corrected chi connectivity index (χ4v) is 1.62. The van der Waals surface area contributed by atoms with Crippen molar-refractivity contribution in [2.24, 2.45) is 0 Å². The van der Waals surface area contributed by atoms with Crippen molar-refractivity contribution in [3.05, 3.63) is 35.4 Å². The van der Waals surface area contributed by atoms with Gasteiger partial charge in [-0.05, 0) is 11.1 Å². The van der Waals surface area contributed by atoms with E-state index in [0.29, 0.717) is 0 Å². The fraction of sp³-hybridized carbons (Fsp3) is 0.429. The molecule has 0 aliphatic carbocycles. The van der Waals surface area contributed by atoms with Crippen molar-refractivity contribution in [2.75, 3.05) is 13.2 Å². The number of aliphatic hydroxyl groups excluding tert-OH is 1. The molecule has 0 amide bonds. The molecule has 0 atom stereocenters. The number of benzene rings is 1. The summed E-state index contributed by atoms with van der Waals surface area (Å²) in [5, 5.41) is 9.11. The summed E-state index contributed by atoms with van der Waals surface area (Å²) in [4.78, 5) is 21.7. The van der Waals surface area contributed by atoms with Crippen LogP contribution >= 0.6 is 0 Å². The van der Waals surface area contributed by atoms with E-state index in [0.717, 1.165) is 11.1 Å². The molecule has 0 heterocycles. The van der Waals surface area contributed by atoms with Crippen LogP contribution < -0.4 is 0 Å². The Morgan fingerprint density at radius 1 is 1.16 bits per heavy atom. The third kappa shape index (κ3) is 5.52. The first-order valence-electron chi connectivity index (χ1n) is 5.99. The van der Waals surface area contributed by atoms with Gasteiger partial charge in [0.1, 0.15) is 13.2 Å². The number of aliphatic hydroxyl groups is 1. The molecule has 0 fully saturated rings. The number of rotatable bonds is 6. The van der Waals surface area contributed by atoms with Crippen molar-refractivity contribution >= 4 is 11.9 Å². The topological polar surface area (TPSA) is 72.8 Å². The summed E-state index contributed by atoms with van der Waals surface area (Å²) in [5.74, 6) is -1.00. The van der Waals surface area contributed by atoms with Gasteiger partial charge in [-0.1, -0.05) is 24.3 Å². The molecule has 19 heavy (non-hydrogen) atoms. The average molecular weight is 266 g/mol. The molecule has 104 valence electrons. The van der Waals surface area contributed by atoms with Crippen LogP contribution in [0.25, 0.3) is 0 Å². The monoisotopic (exact) mass is 266 g/mol. The van der Waals surface area contributed by atoms with Gasteiger partial charge < -0.3 is 14.6 Å². The Morgan fingerprint density at radius 2 is 1.74 bits per heavy atom. The number of esters is 2. The summed E-state index contributed by atoms with van der Waals surface area (Å²) in [6, 6.07) is 7.24. The van der Waals surface area contributed by atoms with Gasteiger partial charge >= 0.3 is 11.9 Å². The molecule has 1 aromatic rings. The van der Waals surface area contributed by atoms with E-state index in [1.807, 2.05) is 6.07 Å². The lowest BCUT2D eigenvalue weighted by Crippen LogP contribution is -2.18. The highest BCUT2D eigenvalue weighted by molar-refractivity contribution is 5.66. The van der Waals surface area contributed by atoms with Crippen LogP contribution in [0.1, 0.15) is 30.9 Å². The maximum absolute atomic E-state index is 10.9. The molecule has 0 aromatic heterocycles. The Hall–Kier alpha value is -1.88. The van der Waals surface area contributed by atoms with Gasteiger partial charge in [-0.2, -0.15) is 0 Å². The zero-order valence-corrected chi connectivity index (χ0v) is 11.1. The van der Waals surface area contributed by atoms with Crippen LogP contribution in [0, 0.1) is 0 Å². The molecule has 1 aromatic carbocycles. The largest absolute Gasteiger partial charge is 0.465 e. The van der Waals surface area contributed by atoms with E-state index < -0.39 is 0 Å². The molecule has 0 bridgehead atoms. The zero-order chi connectivity index (χ0) is 14.3. The van der Waals surface area contributed by atoms with Crippen LogP contribution in [-0.2, 0) is 25.7 Å². The first kappa shape index (κ1) is 15.2. The molecule has 0 aliphatic heterocycles. The van der Waals surface area contributed by atoms with Gasteiger partial charge in [0, 0.05) is 13.8 Å². The molecule has 5 heteroatoms. The van der Waals surface area contributed by atoms with Gasteiger partial charge in [-0.3, -0.25) is 9.59 Å². The summed E-state index contributed by atoms with van der Waals surface area (Å²) in [6.07, 6.45) is 0. The number of carbonyl (C=O) groups is 2. The van der Waals surface area contributed by atoms with Gasteiger partial charge in [0.15, 0.2) is 0 Å². The summed E-state index contributed by atoms with van der Waals surface area (Å²) in [6.45, 7) is 2.86. The normalized spacial score (nSPS) is 10.3. The van der Waals surface area contributed by atoms with Crippen LogP contribution in [0.4, 0.5) is 0 Å². The van der Waals surface area contributed by atoms with Gasteiger partial charge in [0.2, 0.25) is 0 Å². The van der Waals surface area contributed by atoms with Gasteiger partial charge in [0.05, 0.1) is 12.5 Å². The van der Waals surface area contributed by atoms with Crippen molar-refractivity contribution in [3.63, 3.8) is 0 Å². The predicted octanol–water partition coefficient (Wildman–Crippen LogP) is 1.39. The third-order valence-corrected chi connectivity index (χ3v) is 2.58. The van der Waals surface area contributed by atoms with Crippen LogP contribution in [0.3, 0.4) is 0 Å². The van der Waals surface area contributed by atoms with Crippen LogP contribution in [0.15, 0.2) is 24.3 Å². The minimum absolute atomic E-state index is 0.0678. The fourth-order valence-electron chi connectivity index (χ4n) is 1.62. The Labute approximate surface area is 112 Å². The van der Waals surface area contributed by atoms with Crippen molar-refractivity contribution in [3.8, 4) is 0 Å². The highest BCUT2D eigenvalue weighted by Gasteiger charge is 2.15. The molecule has 0 aliphatic rings. The van der Waals surface area contributed by atoms with Crippen molar-refractivity contribution < 1.29 is 24.2 Å². The van der Waals surface area contributed by atoms with E-state index in [4.69, 9.17) is 14.6 Å². The molecule has 1 rings (SSSR count). The Kier molecular flexibility index (Phi) is 6.02. The van der Waals surface area contributed by atoms with E-state index >= 15 is 0 Å². The molecular formula is C14H18O5. The second kappa shape index (κ2) is 7.53. The molecule has 0 spiro atoms. The highest BCUT2D eigenvalue weighted by atomic mass is 16.5. The Bertz CT molecular complexity index is 423. The van der Waals surface area contributed by atoms with Gasteiger partial charge in [0.25, 0.3) is 0 Å². The SMILES string of the molecule is CC(=O)OCC(COC(C)=O)c1cccc(CO)c1. The maximum Gasteiger partial charge on any atom is 0.302 e. The van der Waals surface area contributed by atoms with Gasteiger partial charge in [-0.25, -0.2) is 0 Å². The van der Waals surface area contributed by atoms with E-state index in [9.17, 15) is 9.59 Å². The Morgan fingerprint density at radius 3 is 2.21 bits per heavy atom. The minimum atomic E-state index is -0.383. The van der Waals surface area contributed by atoms with Crippen LogP contribution in [0.2, 0.25) is 0 Å². The summed E-state index contributed by atoms with van der Waals surface area (Å²) < 4.78 is 9.94. The lowest BCUT2D eigenvalue weighted by Gasteiger charge is -2.17. The average Bonchev–Trinajstić information content (AvgIpc) is 2.38. The molecular weight excluding hydrogens is 248 g/mol. The molecule has 0 unspecified atom stereocenters. The van der Waals surface area contributed by atoms with Crippen molar-refractivity contribution in [2.45, 2.75) is 26.4 Å². The summed E-state index contributed by atoms with van der Waals surface area (Å²) in [5.41, 5.74) is 1.61. The maximum atomic E-state index is 10.9. The van der Waals surface area contributed by atoms with Crippen LogP contribution in [0.5, 0.6) is 0 Å². The van der Waals surface area contributed by atoms with Crippen molar-refractivity contribution in [1.82, 2.24) is 0 Å². The molecule has 5 nitrogen and oxygen atoms in total. The number of hydrogen-bond donors (Lipinski definition) is 1. The minimum Gasteiger partial charge on any atom is -0.465 e. The number of hydrogen-bond acceptors (Lipinski definition) is 5. The van der Waals surface area contributed by atoms with E-state index in [1.54, 1.807) is 18.2 Å². The highest BCUT2D eigenvalue weighted by Crippen LogP contribution is 2.18. The molecule has 0 radical (unpaired) electrons. The molecule has 1 N–H and O–H groups in total.